The van der Waals surface area contributed by atoms with Gasteiger partial charge in [0.15, 0.2) is 0 Å². The van der Waals surface area contributed by atoms with Gasteiger partial charge in [-0.15, -0.1) is 0 Å². The first-order valence-corrected chi connectivity index (χ1v) is 6.65. The molecule has 3 atom stereocenters. The molecular weight excluding hydrogens is 229 g/mol. The lowest BCUT2D eigenvalue weighted by atomic mass is 9.90. The molecule has 1 rings (SSSR count). The summed E-state index contributed by atoms with van der Waals surface area (Å²) in [6.07, 6.45) is 1.68. The largest absolute Gasteiger partial charge is 0.391 e. The highest BCUT2D eigenvalue weighted by atomic mass is 19.1. The van der Waals surface area contributed by atoms with Gasteiger partial charge in [-0.05, 0) is 42.9 Å². The highest BCUT2D eigenvalue weighted by Crippen LogP contribution is 2.25. The lowest BCUT2D eigenvalue weighted by Crippen LogP contribution is -2.35. The van der Waals surface area contributed by atoms with E-state index in [1.165, 1.54) is 6.07 Å². The Morgan fingerprint density at radius 2 is 2.06 bits per heavy atom. The minimum absolute atomic E-state index is 0.0245. The van der Waals surface area contributed by atoms with Crippen LogP contribution in [0.5, 0.6) is 0 Å². The summed E-state index contributed by atoms with van der Waals surface area (Å²) >= 11 is 0. The molecule has 0 bridgehead atoms. The molecule has 0 saturated heterocycles. The minimum Gasteiger partial charge on any atom is -0.391 e. The molecule has 0 heterocycles. The molecule has 0 fully saturated rings. The van der Waals surface area contributed by atoms with Crippen LogP contribution in [0.4, 0.5) is 4.39 Å². The zero-order valence-electron chi connectivity index (χ0n) is 11.5. The SMILES string of the molecule is CCCC(N)C(O)CC(C)c1ccc(C)cc1F. The van der Waals surface area contributed by atoms with Gasteiger partial charge in [0, 0.05) is 6.04 Å². The fourth-order valence-electron chi connectivity index (χ4n) is 2.22. The molecule has 2 nitrogen and oxygen atoms in total. The summed E-state index contributed by atoms with van der Waals surface area (Å²) in [5, 5.41) is 9.98. The minimum atomic E-state index is -0.569. The van der Waals surface area contributed by atoms with Crippen LogP contribution in [-0.2, 0) is 0 Å². The van der Waals surface area contributed by atoms with Gasteiger partial charge in [0.05, 0.1) is 6.10 Å². The Hall–Kier alpha value is -0.930. The van der Waals surface area contributed by atoms with Crippen molar-refractivity contribution in [1.29, 1.82) is 0 Å². The molecule has 0 saturated carbocycles. The van der Waals surface area contributed by atoms with Crippen molar-refractivity contribution in [2.24, 2.45) is 5.73 Å². The predicted molar refractivity (Wildman–Crippen MR) is 73.1 cm³/mol. The van der Waals surface area contributed by atoms with Gasteiger partial charge >= 0.3 is 0 Å². The van der Waals surface area contributed by atoms with Gasteiger partial charge in [-0.2, -0.15) is 0 Å². The van der Waals surface area contributed by atoms with Gasteiger partial charge in [0.25, 0.3) is 0 Å². The van der Waals surface area contributed by atoms with E-state index in [2.05, 4.69) is 0 Å². The summed E-state index contributed by atoms with van der Waals surface area (Å²) in [4.78, 5) is 0. The molecule has 0 radical (unpaired) electrons. The van der Waals surface area contributed by atoms with Gasteiger partial charge < -0.3 is 10.8 Å². The first-order valence-electron chi connectivity index (χ1n) is 6.65. The highest BCUT2D eigenvalue weighted by molar-refractivity contribution is 5.26. The van der Waals surface area contributed by atoms with Crippen LogP contribution < -0.4 is 5.73 Å². The average Bonchev–Trinajstić information content (AvgIpc) is 2.28. The van der Waals surface area contributed by atoms with E-state index < -0.39 is 6.10 Å². The van der Waals surface area contributed by atoms with Gasteiger partial charge in [-0.3, -0.25) is 0 Å². The third-order valence-electron chi connectivity index (χ3n) is 3.40. The number of nitrogens with two attached hydrogens (primary N) is 1. The van der Waals surface area contributed by atoms with E-state index in [0.29, 0.717) is 12.0 Å². The van der Waals surface area contributed by atoms with E-state index in [4.69, 9.17) is 5.73 Å². The summed E-state index contributed by atoms with van der Waals surface area (Å²) in [5.74, 6) is -0.220. The summed E-state index contributed by atoms with van der Waals surface area (Å²) in [6.45, 7) is 5.83. The molecule has 3 N–H and O–H groups in total. The van der Waals surface area contributed by atoms with Crippen molar-refractivity contribution in [2.45, 2.75) is 58.1 Å². The molecule has 3 heteroatoms. The van der Waals surface area contributed by atoms with Gasteiger partial charge in [-0.1, -0.05) is 32.4 Å². The zero-order valence-corrected chi connectivity index (χ0v) is 11.5. The van der Waals surface area contributed by atoms with Crippen molar-refractivity contribution >= 4 is 0 Å². The first-order chi connectivity index (χ1) is 8.45. The molecule has 0 aliphatic rings. The van der Waals surface area contributed by atoms with Crippen LogP contribution in [0, 0.1) is 12.7 Å². The molecule has 0 aliphatic carbocycles. The standard InChI is InChI=1S/C15H24FNO/c1-4-5-14(17)15(18)9-11(3)12-7-6-10(2)8-13(12)16/h6-8,11,14-15,18H,4-5,9,17H2,1-3H3. The number of aliphatic hydroxyl groups is 1. The Labute approximate surface area is 109 Å². The Morgan fingerprint density at radius 3 is 2.61 bits per heavy atom. The van der Waals surface area contributed by atoms with Gasteiger partial charge in [0.1, 0.15) is 5.82 Å². The molecule has 0 aliphatic heterocycles. The van der Waals surface area contributed by atoms with Crippen LogP contribution >= 0.6 is 0 Å². The van der Waals surface area contributed by atoms with Crippen LogP contribution in [0.2, 0.25) is 0 Å². The van der Waals surface area contributed by atoms with E-state index >= 15 is 0 Å². The number of hydrogen-bond donors (Lipinski definition) is 2. The molecular formula is C15H24FNO. The Balaban J connectivity index is 2.67. The van der Waals surface area contributed by atoms with E-state index in [-0.39, 0.29) is 17.8 Å². The smallest absolute Gasteiger partial charge is 0.126 e. The monoisotopic (exact) mass is 253 g/mol. The molecule has 1 aromatic carbocycles. The number of aliphatic hydroxyl groups excluding tert-OH is 1. The van der Waals surface area contributed by atoms with Crippen molar-refractivity contribution in [3.05, 3.63) is 35.1 Å². The van der Waals surface area contributed by atoms with Gasteiger partial charge in [0.2, 0.25) is 0 Å². The summed E-state index contributed by atoms with van der Waals surface area (Å²) in [7, 11) is 0. The van der Waals surface area contributed by atoms with Crippen LogP contribution in [0.1, 0.15) is 50.2 Å². The zero-order chi connectivity index (χ0) is 13.7. The van der Waals surface area contributed by atoms with Crippen LogP contribution in [0.3, 0.4) is 0 Å². The second kappa shape index (κ2) is 6.86. The van der Waals surface area contributed by atoms with Crippen LogP contribution in [-0.4, -0.2) is 17.3 Å². The number of hydrogen-bond acceptors (Lipinski definition) is 2. The van der Waals surface area contributed by atoms with Crippen molar-refractivity contribution in [3.63, 3.8) is 0 Å². The van der Waals surface area contributed by atoms with Crippen LogP contribution in [0.15, 0.2) is 18.2 Å². The third-order valence-corrected chi connectivity index (χ3v) is 3.40. The fraction of sp³-hybridized carbons (Fsp3) is 0.600. The number of halogens is 1. The Kier molecular flexibility index (Phi) is 5.76. The van der Waals surface area contributed by atoms with E-state index in [1.54, 1.807) is 6.07 Å². The molecule has 0 amide bonds. The lowest BCUT2D eigenvalue weighted by Gasteiger charge is -2.22. The Bertz CT molecular complexity index is 381. The van der Waals surface area contributed by atoms with Gasteiger partial charge in [-0.25, -0.2) is 4.39 Å². The van der Waals surface area contributed by atoms with E-state index in [9.17, 15) is 9.50 Å². The second-order valence-corrected chi connectivity index (χ2v) is 5.18. The quantitative estimate of drug-likeness (QED) is 0.818. The van der Waals surface area contributed by atoms with E-state index in [0.717, 1.165) is 18.4 Å². The normalized spacial score (nSPS) is 16.3. The molecule has 18 heavy (non-hydrogen) atoms. The predicted octanol–water partition coefficient (Wildman–Crippen LogP) is 3.12. The molecule has 102 valence electrons. The number of rotatable bonds is 6. The van der Waals surface area contributed by atoms with Crippen molar-refractivity contribution in [3.8, 4) is 0 Å². The van der Waals surface area contributed by atoms with E-state index in [1.807, 2.05) is 26.8 Å². The average molecular weight is 253 g/mol. The van der Waals surface area contributed by atoms with Crippen molar-refractivity contribution in [2.75, 3.05) is 0 Å². The molecule has 0 aromatic heterocycles. The van der Waals surface area contributed by atoms with Crippen molar-refractivity contribution in [1.82, 2.24) is 0 Å². The van der Waals surface area contributed by atoms with Crippen LogP contribution in [0.25, 0.3) is 0 Å². The Morgan fingerprint density at radius 1 is 1.39 bits per heavy atom. The first kappa shape index (κ1) is 15.1. The number of benzene rings is 1. The maximum Gasteiger partial charge on any atom is 0.126 e. The third kappa shape index (κ3) is 4.07. The second-order valence-electron chi connectivity index (χ2n) is 5.18. The fourth-order valence-corrected chi connectivity index (χ4v) is 2.22. The lowest BCUT2D eigenvalue weighted by molar-refractivity contribution is 0.123. The molecule has 3 unspecified atom stereocenters. The number of aryl methyl sites for hydroxylation is 1. The highest BCUT2D eigenvalue weighted by Gasteiger charge is 2.19. The molecule has 0 spiro atoms. The summed E-state index contributed by atoms with van der Waals surface area (Å²) in [6, 6.07) is 5.01. The van der Waals surface area contributed by atoms with Crippen molar-refractivity contribution < 1.29 is 9.50 Å². The maximum atomic E-state index is 13.8. The summed E-state index contributed by atoms with van der Waals surface area (Å²) in [5.41, 5.74) is 7.44. The topological polar surface area (TPSA) is 46.2 Å². The summed E-state index contributed by atoms with van der Waals surface area (Å²) < 4.78 is 13.8. The maximum absolute atomic E-state index is 13.8. The molecule has 1 aromatic rings.